The molecule has 0 aliphatic heterocycles. The quantitative estimate of drug-likeness (QED) is 0.814. The maximum absolute atomic E-state index is 10.6. The molecule has 1 fully saturated rings. The van der Waals surface area contributed by atoms with Gasteiger partial charge < -0.3 is 9.67 Å². The van der Waals surface area contributed by atoms with Crippen molar-refractivity contribution in [2.75, 3.05) is 5.75 Å². The molecule has 1 heterocycles. The number of carbonyl (C=O) groups is 1. The maximum atomic E-state index is 10.6. The normalized spacial score (nSPS) is 16.5. The lowest BCUT2D eigenvalue weighted by Gasteiger charge is -2.12. The molecule has 2 rings (SSSR count). The van der Waals surface area contributed by atoms with Crippen molar-refractivity contribution in [3.8, 4) is 0 Å². The van der Waals surface area contributed by atoms with Crippen molar-refractivity contribution in [2.45, 2.75) is 44.3 Å². The second-order valence-electron chi connectivity index (χ2n) is 4.47. The summed E-state index contributed by atoms with van der Waals surface area (Å²) >= 11 is 1.25. The highest BCUT2D eigenvalue weighted by Crippen LogP contribution is 2.28. The summed E-state index contributed by atoms with van der Waals surface area (Å²) in [6, 6.07) is 0. The van der Waals surface area contributed by atoms with Crippen molar-refractivity contribution in [3.05, 3.63) is 5.82 Å². The molecule has 1 saturated carbocycles. The van der Waals surface area contributed by atoms with Gasteiger partial charge in [0.25, 0.3) is 0 Å². The van der Waals surface area contributed by atoms with Crippen LogP contribution in [0.1, 0.15) is 31.5 Å². The smallest absolute Gasteiger partial charge is 0.313 e. The van der Waals surface area contributed by atoms with Crippen molar-refractivity contribution in [3.63, 3.8) is 0 Å². The molecule has 0 bridgehead atoms. The molecule has 0 radical (unpaired) electrons. The van der Waals surface area contributed by atoms with E-state index in [1.54, 1.807) is 0 Å². The summed E-state index contributed by atoms with van der Waals surface area (Å²) in [4.78, 5) is 10.6. The molecular formula is C11H17N3O2S. The van der Waals surface area contributed by atoms with Crippen molar-refractivity contribution in [2.24, 2.45) is 5.92 Å². The molecule has 0 atom stereocenters. The van der Waals surface area contributed by atoms with Gasteiger partial charge in [-0.05, 0) is 25.7 Å². The van der Waals surface area contributed by atoms with Crippen LogP contribution >= 0.6 is 11.8 Å². The molecule has 0 spiro atoms. The van der Waals surface area contributed by atoms with E-state index < -0.39 is 5.97 Å². The Balaban J connectivity index is 2.03. The van der Waals surface area contributed by atoms with Gasteiger partial charge in [0.05, 0.1) is 5.75 Å². The Bertz CT molecular complexity index is 399. The van der Waals surface area contributed by atoms with Gasteiger partial charge in [-0.3, -0.25) is 4.79 Å². The molecule has 5 nitrogen and oxygen atoms in total. The van der Waals surface area contributed by atoms with Crippen LogP contribution < -0.4 is 0 Å². The van der Waals surface area contributed by atoms with E-state index in [2.05, 4.69) is 14.8 Å². The summed E-state index contributed by atoms with van der Waals surface area (Å²) in [6.45, 7) is 2.85. The minimum Gasteiger partial charge on any atom is -0.481 e. The summed E-state index contributed by atoms with van der Waals surface area (Å²) in [6.07, 6.45) is 5.15. The number of hydrogen-bond acceptors (Lipinski definition) is 4. The Labute approximate surface area is 105 Å². The largest absolute Gasteiger partial charge is 0.481 e. The number of aliphatic carboxylic acids is 1. The molecule has 1 N–H and O–H groups in total. The summed E-state index contributed by atoms with van der Waals surface area (Å²) in [5, 5.41) is 17.5. The van der Waals surface area contributed by atoms with Gasteiger partial charge in [0.1, 0.15) is 5.82 Å². The van der Waals surface area contributed by atoms with Gasteiger partial charge in [0.2, 0.25) is 0 Å². The Morgan fingerprint density at radius 3 is 2.82 bits per heavy atom. The fraction of sp³-hybridized carbons (Fsp3) is 0.727. The Kier molecular flexibility index (Phi) is 4.04. The van der Waals surface area contributed by atoms with Gasteiger partial charge >= 0.3 is 5.97 Å². The lowest BCUT2D eigenvalue weighted by Crippen LogP contribution is -2.11. The lowest BCUT2D eigenvalue weighted by atomic mass is 10.1. The monoisotopic (exact) mass is 255 g/mol. The Morgan fingerprint density at radius 1 is 1.47 bits per heavy atom. The summed E-state index contributed by atoms with van der Waals surface area (Å²) in [5.41, 5.74) is 0. The Hall–Kier alpha value is -1.04. The molecule has 17 heavy (non-hydrogen) atoms. The standard InChI is InChI=1S/C11H17N3O2S/c1-8-12-13-11(17-7-10(15)16)14(8)6-9-4-2-3-5-9/h9H,2-7H2,1H3,(H,15,16). The number of carboxylic acids is 1. The van der Waals surface area contributed by atoms with Crippen LogP contribution in [0.25, 0.3) is 0 Å². The number of rotatable bonds is 5. The zero-order valence-electron chi connectivity index (χ0n) is 9.93. The van der Waals surface area contributed by atoms with Gasteiger partial charge in [0, 0.05) is 6.54 Å². The number of nitrogens with zero attached hydrogens (tertiary/aromatic N) is 3. The molecule has 0 aromatic carbocycles. The van der Waals surface area contributed by atoms with Gasteiger partial charge in [0.15, 0.2) is 5.16 Å². The minimum atomic E-state index is -0.817. The average molecular weight is 255 g/mol. The number of carboxylic acid groups (broad SMARTS) is 1. The first-order valence-corrected chi connectivity index (χ1v) is 6.90. The van der Waals surface area contributed by atoms with E-state index in [0.717, 1.165) is 17.5 Å². The first kappa shape index (κ1) is 12.4. The van der Waals surface area contributed by atoms with E-state index in [0.29, 0.717) is 5.92 Å². The first-order valence-electron chi connectivity index (χ1n) is 5.91. The van der Waals surface area contributed by atoms with Crippen molar-refractivity contribution in [1.29, 1.82) is 0 Å². The maximum Gasteiger partial charge on any atom is 0.313 e. The molecule has 0 saturated heterocycles. The fourth-order valence-corrected chi connectivity index (χ4v) is 2.97. The molecule has 6 heteroatoms. The number of hydrogen-bond donors (Lipinski definition) is 1. The van der Waals surface area contributed by atoms with Crippen LogP contribution in [0.2, 0.25) is 0 Å². The predicted molar refractivity (Wildman–Crippen MR) is 65.1 cm³/mol. The zero-order valence-corrected chi connectivity index (χ0v) is 10.7. The van der Waals surface area contributed by atoms with Crippen molar-refractivity contribution < 1.29 is 9.90 Å². The third-order valence-corrected chi connectivity index (χ3v) is 4.09. The van der Waals surface area contributed by atoms with Gasteiger partial charge in [-0.25, -0.2) is 0 Å². The summed E-state index contributed by atoms with van der Waals surface area (Å²) < 4.78 is 2.06. The van der Waals surface area contributed by atoms with Gasteiger partial charge in [-0.2, -0.15) is 0 Å². The third-order valence-electron chi connectivity index (χ3n) is 3.14. The van der Waals surface area contributed by atoms with E-state index in [4.69, 9.17) is 5.11 Å². The first-order chi connectivity index (χ1) is 8.16. The fourth-order valence-electron chi connectivity index (χ4n) is 2.26. The highest BCUT2D eigenvalue weighted by molar-refractivity contribution is 7.99. The molecule has 1 aliphatic carbocycles. The SMILES string of the molecule is Cc1nnc(SCC(=O)O)n1CC1CCCC1. The highest BCUT2D eigenvalue weighted by Gasteiger charge is 2.19. The zero-order chi connectivity index (χ0) is 12.3. The summed E-state index contributed by atoms with van der Waals surface area (Å²) in [5.74, 6) is 0.810. The van der Waals surface area contributed by atoms with Gasteiger partial charge in [-0.1, -0.05) is 24.6 Å². The third kappa shape index (κ3) is 3.21. The van der Waals surface area contributed by atoms with Gasteiger partial charge in [-0.15, -0.1) is 10.2 Å². The molecule has 1 aromatic heterocycles. The molecular weight excluding hydrogens is 238 g/mol. The van der Waals surface area contributed by atoms with E-state index >= 15 is 0 Å². The van der Waals surface area contributed by atoms with Crippen LogP contribution in [0.3, 0.4) is 0 Å². The van der Waals surface area contributed by atoms with Crippen LogP contribution in [0.4, 0.5) is 0 Å². The molecule has 0 unspecified atom stereocenters. The summed E-state index contributed by atoms with van der Waals surface area (Å²) in [7, 11) is 0. The number of aromatic nitrogens is 3. The molecule has 1 aromatic rings. The van der Waals surface area contributed by atoms with Crippen LogP contribution in [0.15, 0.2) is 5.16 Å². The van der Waals surface area contributed by atoms with Crippen molar-refractivity contribution in [1.82, 2.24) is 14.8 Å². The number of aryl methyl sites for hydroxylation is 1. The van der Waals surface area contributed by atoms with Crippen LogP contribution in [0, 0.1) is 12.8 Å². The predicted octanol–water partition coefficient (Wildman–Crippen LogP) is 1.95. The minimum absolute atomic E-state index is 0.0444. The van der Waals surface area contributed by atoms with Crippen LogP contribution in [-0.4, -0.2) is 31.6 Å². The van der Waals surface area contributed by atoms with E-state index in [1.807, 2.05) is 6.92 Å². The second-order valence-corrected chi connectivity index (χ2v) is 5.42. The van der Waals surface area contributed by atoms with Crippen molar-refractivity contribution >= 4 is 17.7 Å². The van der Waals surface area contributed by atoms with Crippen LogP contribution in [-0.2, 0) is 11.3 Å². The highest BCUT2D eigenvalue weighted by atomic mass is 32.2. The topological polar surface area (TPSA) is 68.0 Å². The molecule has 94 valence electrons. The van der Waals surface area contributed by atoms with E-state index in [-0.39, 0.29) is 5.75 Å². The molecule has 0 amide bonds. The second kappa shape index (κ2) is 5.53. The molecule has 1 aliphatic rings. The lowest BCUT2D eigenvalue weighted by molar-refractivity contribution is -0.133. The Morgan fingerprint density at radius 2 is 2.18 bits per heavy atom. The number of thioether (sulfide) groups is 1. The van der Waals surface area contributed by atoms with E-state index in [1.165, 1.54) is 37.4 Å². The average Bonchev–Trinajstić information content (AvgIpc) is 2.89. The van der Waals surface area contributed by atoms with Crippen LogP contribution in [0.5, 0.6) is 0 Å². The van der Waals surface area contributed by atoms with E-state index in [9.17, 15) is 4.79 Å².